The van der Waals surface area contributed by atoms with Gasteiger partial charge < -0.3 is 20.7 Å². The third-order valence-corrected chi connectivity index (χ3v) is 2.41. The second-order valence-corrected chi connectivity index (χ2v) is 4.77. The van der Waals surface area contributed by atoms with Gasteiger partial charge in [0.15, 0.2) is 0 Å². The van der Waals surface area contributed by atoms with Crippen LogP contribution in [-0.4, -0.2) is 28.7 Å². The van der Waals surface area contributed by atoms with Gasteiger partial charge in [-0.2, -0.15) is 0 Å². The second-order valence-electron chi connectivity index (χ2n) is 4.77. The summed E-state index contributed by atoms with van der Waals surface area (Å²) in [4.78, 5) is 11.8. The van der Waals surface area contributed by atoms with Crippen LogP contribution in [0.1, 0.15) is 24.3 Å². The maximum atomic E-state index is 11.8. The molecule has 0 aliphatic rings. The van der Waals surface area contributed by atoms with Crippen LogP contribution in [-0.2, 0) is 7.05 Å². The molecule has 90 valence electrons. The fourth-order valence-electron chi connectivity index (χ4n) is 1.28. The second kappa shape index (κ2) is 4.57. The van der Waals surface area contributed by atoms with E-state index in [1.165, 1.54) is 0 Å². The molecule has 0 spiro atoms. The fourth-order valence-corrected chi connectivity index (χ4v) is 1.28. The lowest BCUT2D eigenvalue weighted by atomic mass is 9.95. The SMILES string of the molecule is Cn1cc(N)cc1C(=O)NCC(C)(C)CO. The summed E-state index contributed by atoms with van der Waals surface area (Å²) >= 11 is 0. The summed E-state index contributed by atoms with van der Waals surface area (Å²) in [5.41, 5.74) is 6.36. The van der Waals surface area contributed by atoms with Crippen LogP contribution in [0.2, 0.25) is 0 Å². The molecule has 0 saturated carbocycles. The molecule has 5 nitrogen and oxygen atoms in total. The predicted molar refractivity (Wildman–Crippen MR) is 63.0 cm³/mol. The standard InChI is InChI=1S/C11H19N3O2/c1-11(2,7-15)6-13-10(16)9-4-8(12)5-14(9)3/h4-5,15H,6-7,12H2,1-3H3,(H,13,16). The minimum atomic E-state index is -0.313. The highest BCUT2D eigenvalue weighted by Gasteiger charge is 2.19. The molecule has 1 aromatic heterocycles. The molecule has 0 unspecified atom stereocenters. The molecule has 5 heteroatoms. The average molecular weight is 225 g/mol. The molecule has 0 fully saturated rings. The number of amides is 1. The molecular formula is C11H19N3O2. The summed E-state index contributed by atoms with van der Waals surface area (Å²) in [5, 5.41) is 11.8. The lowest BCUT2D eigenvalue weighted by Gasteiger charge is -2.21. The molecule has 0 radical (unpaired) electrons. The zero-order valence-corrected chi connectivity index (χ0v) is 9.95. The number of aromatic nitrogens is 1. The van der Waals surface area contributed by atoms with Crippen molar-refractivity contribution in [3.63, 3.8) is 0 Å². The van der Waals surface area contributed by atoms with E-state index in [4.69, 9.17) is 10.8 Å². The van der Waals surface area contributed by atoms with Crippen LogP contribution in [0.25, 0.3) is 0 Å². The maximum Gasteiger partial charge on any atom is 0.267 e. The summed E-state index contributed by atoms with van der Waals surface area (Å²) in [6, 6.07) is 1.63. The van der Waals surface area contributed by atoms with E-state index in [9.17, 15) is 4.79 Å². The van der Waals surface area contributed by atoms with E-state index in [0.29, 0.717) is 17.9 Å². The Kier molecular flexibility index (Phi) is 3.59. The van der Waals surface area contributed by atoms with Gasteiger partial charge in [0.25, 0.3) is 5.91 Å². The van der Waals surface area contributed by atoms with Gasteiger partial charge in [0.1, 0.15) is 5.69 Å². The number of carbonyl (C=O) groups excluding carboxylic acids is 1. The van der Waals surface area contributed by atoms with E-state index in [0.717, 1.165) is 0 Å². The van der Waals surface area contributed by atoms with Crippen molar-refractivity contribution >= 4 is 11.6 Å². The fraction of sp³-hybridized carbons (Fsp3) is 0.545. The molecule has 1 heterocycles. The highest BCUT2D eigenvalue weighted by molar-refractivity contribution is 5.93. The summed E-state index contributed by atoms with van der Waals surface area (Å²) < 4.78 is 1.68. The number of aliphatic hydroxyl groups excluding tert-OH is 1. The number of hydrogen-bond acceptors (Lipinski definition) is 3. The van der Waals surface area contributed by atoms with Gasteiger partial charge in [-0.15, -0.1) is 0 Å². The molecule has 16 heavy (non-hydrogen) atoms. The summed E-state index contributed by atoms with van der Waals surface area (Å²) in [6.07, 6.45) is 1.69. The number of carbonyl (C=O) groups is 1. The number of anilines is 1. The van der Waals surface area contributed by atoms with Gasteiger partial charge in [0.05, 0.1) is 5.69 Å². The van der Waals surface area contributed by atoms with E-state index >= 15 is 0 Å². The van der Waals surface area contributed by atoms with E-state index in [2.05, 4.69) is 5.32 Å². The summed E-state index contributed by atoms with van der Waals surface area (Å²) in [5.74, 6) is -0.180. The number of rotatable bonds is 4. The Bertz CT molecular complexity index is 383. The van der Waals surface area contributed by atoms with Gasteiger partial charge in [-0.1, -0.05) is 13.8 Å². The largest absolute Gasteiger partial charge is 0.397 e. The number of nitrogens with zero attached hydrogens (tertiary/aromatic N) is 1. The first-order valence-corrected chi connectivity index (χ1v) is 5.16. The van der Waals surface area contributed by atoms with Gasteiger partial charge in [-0.25, -0.2) is 0 Å². The topological polar surface area (TPSA) is 80.3 Å². The first kappa shape index (κ1) is 12.6. The quantitative estimate of drug-likeness (QED) is 0.692. The minimum absolute atomic E-state index is 0.0303. The average Bonchev–Trinajstić information content (AvgIpc) is 2.54. The minimum Gasteiger partial charge on any atom is -0.397 e. The molecular weight excluding hydrogens is 206 g/mol. The Morgan fingerprint density at radius 3 is 2.69 bits per heavy atom. The van der Waals surface area contributed by atoms with E-state index < -0.39 is 0 Å². The molecule has 0 saturated heterocycles. The summed E-state index contributed by atoms with van der Waals surface area (Å²) in [6.45, 7) is 4.22. The Hall–Kier alpha value is -1.49. The Balaban J connectivity index is 2.63. The van der Waals surface area contributed by atoms with Crippen molar-refractivity contribution in [2.75, 3.05) is 18.9 Å². The van der Waals surface area contributed by atoms with Gasteiger partial charge in [-0.3, -0.25) is 4.79 Å². The van der Waals surface area contributed by atoms with Gasteiger partial charge in [0, 0.05) is 31.8 Å². The molecule has 0 bridgehead atoms. The van der Waals surface area contributed by atoms with Crippen molar-refractivity contribution in [1.29, 1.82) is 0 Å². The number of aryl methyl sites for hydroxylation is 1. The maximum absolute atomic E-state index is 11.8. The molecule has 1 rings (SSSR count). The van der Waals surface area contributed by atoms with Crippen molar-refractivity contribution in [3.8, 4) is 0 Å². The van der Waals surface area contributed by atoms with Crippen molar-refractivity contribution in [2.24, 2.45) is 12.5 Å². The lowest BCUT2D eigenvalue weighted by Crippen LogP contribution is -2.36. The van der Waals surface area contributed by atoms with Crippen LogP contribution >= 0.6 is 0 Å². The lowest BCUT2D eigenvalue weighted by molar-refractivity contribution is 0.0903. The zero-order chi connectivity index (χ0) is 12.3. The van der Waals surface area contributed by atoms with E-state index in [-0.39, 0.29) is 17.9 Å². The van der Waals surface area contributed by atoms with Gasteiger partial charge in [0.2, 0.25) is 0 Å². The molecule has 1 amide bonds. The molecule has 0 aromatic carbocycles. The number of nitrogens with one attached hydrogen (secondary N) is 1. The third-order valence-electron chi connectivity index (χ3n) is 2.41. The molecule has 1 aromatic rings. The summed E-state index contributed by atoms with van der Waals surface area (Å²) in [7, 11) is 1.77. The van der Waals surface area contributed by atoms with Crippen LogP contribution in [0.15, 0.2) is 12.3 Å². The predicted octanol–water partition coefficient (Wildman–Crippen LogP) is 0.356. The molecule has 0 atom stereocenters. The van der Waals surface area contributed by atoms with Crippen LogP contribution in [0.5, 0.6) is 0 Å². The highest BCUT2D eigenvalue weighted by Crippen LogP contribution is 2.13. The Morgan fingerprint density at radius 2 is 2.25 bits per heavy atom. The van der Waals surface area contributed by atoms with E-state index in [1.807, 2.05) is 13.8 Å². The van der Waals surface area contributed by atoms with Crippen LogP contribution in [0.4, 0.5) is 5.69 Å². The van der Waals surface area contributed by atoms with Crippen molar-refractivity contribution in [3.05, 3.63) is 18.0 Å². The van der Waals surface area contributed by atoms with Crippen LogP contribution in [0, 0.1) is 5.41 Å². The van der Waals surface area contributed by atoms with Gasteiger partial charge >= 0.3 is 0 Å². The molecule has 0 aliphatic heterocycles. The van der Waals surface area contributed by atoms with Crippen LogP contribution in [0.3, 0.4) is 0 Å². The van der Waals surface area contributed by atoms with Crippen LogP contribution < -0.4 is 11.1 Å². The highest BCUT2D eigenvalue weighted by atomic mass is 16.3. The number of hydrogen-bond donors (Lipinski definition) is 3. The normalized spacial score (nSPS) is 11.5. The van der Waals surface area contributed by atoms with E-state index in [1.54, 1.807) is 23.9 Å². The Labute approximate surface area is 95.3 Å². The number of nitrogen functional groups attached to an aromatic ring is 1. The smallest absolute Gasteiger partial charge is 0.267 e. The third kappa shape index (κ3) is 3.00. The monoisotopic (exact) mass is 225 g/mol. The van der Waals surface area contributed by atoms with Gasteiger partial charge in [-0.05, 0) is 6.07 Å². The zero-order valence-electron chi connectivity index (χ0n) is 9.95. The number of aliphatic hydroxyl groups is 1. The number of nitrogens with two attached hydrogens (primary N) is 1. The molecule has 0 aliphatic carbocycles. The van der Waals surface area contributed by atoms with Crippen molar-refractivity contribution < 1.29 is 9.90 Å². The Morgan fingerprint density at radius 1 is 1.62 bits per heavy atom. The first-order valence-electron chi connectivity index (χ1n) is 5.16. The first-order chi connectivity index (χ1) is 7.35. The van der Waals surface area contributed by atoms with Crippen molar-refractivity contribution in [2.45, 2.75) is 13.8 Å². The molecule has 4 N–H and O–H groups in total. The van der Waals surface area contributed by atoms with Crippen molar-refractivity contribution in [1.82, 2.24) is 9.88 Å².